The summed E-state index contributed by atoms with van der Waals surface area (Å²) in [5.74, 6) is -0.262. The second-order valence-electron chi connectivity index (χ2n) is 5.74. The Morgan fingerprint density at radius 1 is 1.22 bits per heavy atom. The number of nitrogens with one attached hydrogen (secondary N) is 1. The third-order valence-electron chi connectivity index (χ3n) is 2.80. The molecule has 18 heavy (non-hydrogen) atoms. The number of hydrogen-bond donors (Lipinski definition) is 3. The van der Waals surface area contributed by atoms with E-state index in [0.717, 1.165) is 12.8 Å². The number of carbonyl (C=O) groups is 2. The Labute approximate surface area is 110 Å². The van der Waals surface area contributed by atoms with E-state index in [4.69, 9.17) is 11.5 Å². The van der Waals surface area contributed by atoms with Gasteiger partial charge in [-0.25, -0.2) is 0 Å². The molecule has 0 aliphatic heterocycles. The van der Waals surface area contributed by atoms with Crippen LogP contribution in [0, 0.1) is 5.41 Å². The Kier molecular flexibility index (Phi) is 7.09. The molecule has 2 atom stereocenters. The number of Topliss-reactive ketones (excluding diaryl/α,β-unsaturated/α-hetero) is 1. The third-order valence-corrected chi connectivity index (χ3v) is 2.80. The second kappa shape index (κ2) is 7.48. The van der Waals surface area contributed by atoms with Crippen LogP contribution in [0.25, 0.3) is 0 Å². The zero-order valence-corrected chi connectivity index (χ0v) is 12.0. The summed E-state index contributed by atoms with van der Waals surface area (Å²) in [6.07, 6.45) is 2.28. The fourth-order valence-electron chi connectivity index (χ4n) is 1.68. The molecule has 5 heteroatoms. The Morgan fingerprint density at radius 3 is 2.22 bits per heavy atom. The summed E-state index contributed by atoms with van der Waals surface area (Å²) in [6, 6.07) is -1.06. The van der Waals surface area contributed by atoms with E-state index in [0.29, 0.717) is 13.0 Å². The molecule has 2 unspecified atom stereocenters. The first-order chi connectivity index (χ1) is 8.20. The Hall–Kier alpha value is -0.940. The van der Waals surface area contributed by atoms with Crippen molar-refractivity contribution in [2.75, 3.05) is 6.54 Å². The van der Waals surface area contributed by atoms with Crippen LogP contribution in [0.5, 0.6) is 0 Å². The molecular formula is C13H27N3O2. The molecule has 0 bridgehead atoms. The number of rotatable bonds is 7. The lowest BCUT2D eigenvalue weighted by molar-refractivity contribution is -0.132. The van der Waals surface area contributed by atoms with Gasteiger partial charge in [0.25, 0.3) is 0 Å². The number of hydrogen-bond acceptors (Lipinski definition) is 4. The Balaban J connectivity index is 4.18. The van der Waals surface area contributed by atoms with Gasteiger partial charge < -0.3 is 16.8 Å². The fourth-order valence-corrected chi connectivity index (χ4v) is 1.68. The molecule has 5 N–H and O–H groups in total. The van der Waals surface area contributed by atoms with E-state index in [1.165, 1.54) is 0 Å². The predicted octanol–water partition coefficient (Wildman–Crippen LogP) is 0.563. The van der Waals surface area contributed by atoms with E-state index < -0.39 is 17.5 Å². The first-order valence-corrected chi connectivity index (χ1v) is 6.50. The standard InChI is InChI=1S/C13H27N3O2/c1-9(11(17)13(2,3)4)16-12(18)10(15)7-5-6-8-14/h9-10H,5-8,14-15H2,1-4H3,(H,16,18). The van der Waals surface area contributed by atoms with Crippen molar-refractivity contribution < 1.29 is 9.59 Å². The normalized spacial score (nSPS) is 15.0. The summed E-state index contributed by atoms with van der Waals surface area (Å²) in [4.78, 5) is 23.7. The van der Waals surface area contributed by atoms with Crippen LogP contribution in [0.2, 0.25) is 0 Å². The number of nitrogens with two attached hydrogens (primary N) is 2. The lowest BCUT2D eigenvalue weighted by atomic mass is 9.87. The molecule has 0 aromatic rings. The van der Waals surface area contributed by atoms with Crippen molar-refractivity contribution in [2.24, 2.45) is 16.9 Å². The molecule has 0 aliphatic carbocycles. The average Bonchev–Trinajstić information content (AvgIpc) is 2.26. The van der Waals surface area contributed by atoms with Crippen LogP contribution >= 0.6 is 0 Å². The molecule has 0 heterocycles. The summed E-state index contributed by atoms with van der Waals surface area (Å²) in [7, 11) is 0. The van der Waals surface area contributed by atoms with Crippen LogP contribution in [-0.4, -0.2) is 30.3 Å². The molecular weight excluding hydrogens is 230 g/mol. The van der Waals surface area contributed by atoms with Gasteiger partial charge in [0, 0.05) is 5.41 Å². The molecule has 0 spiro atoms. The van der Waals surface area contributed by atoms with E-state index in [1.807, 2.05) is 20.8 Å². The molecule has 0 aliphatic rings. The topological polar surface area (TPSA) is 98.2 Å². The van der Waals surface area contributed by atoms with Crippen LogP contribution < -0.4 is 16.8 Å². The SMILES string of the molecule is CC(NC(=O)C(N)CCCCN)C(=O)C(C)(C)C. The highest BCUT2D eigenvalue weighted by molar-refractivity contribution is 5.93. The van der Waals surface area contributed by atoms with Gasteiger partial charge >= 0.3 is 0 Å². The highest BCUT2D eigenvalue weighted by atomic mass is 16.2. The van der Waals surface area contributed by atoms with Gasteiger partial charge in [-0.05, 0) is 26.3 Å². The van der Waals surface area contributed by atoms with Gasteiger partial charge in [-0.15, -0.1) is 0 Å². The Morgan fingerprint density at radius 2 is 1.78 bits per heavy atom. The minimum atomic E-state index is -0.563. The summed E-state index contributed by atoms with van der Waals surface area (Å²) < 4.78 is 0. The number of amides is 1. The maximum Gasteiger partial charge on any atom is 0.237 e. The molecule has 106 valence electrons. The van der Waals surface area contributed by atoms with Crippen molar-refractivity contribution in [1.82, 2.24) is 5.32 Å². The highest BCUT2D eigenvalue weighted by Gasteiger charge is 2.28. The van der Waals surface area contributed by atoms with Gasteiger partial charge in [-0.2, -0.15) is 0 Å². The predicted molar refractivity (Wildman–Crippen MR) is 72.9 cm³/mol. The molecule has 0 fully saturated rings. The van der Waals surface area contributed by atoms with Crippen molar-refractivity contribution in [3.05, 3.63) is 0 Å². The lowest BCUT2D eigenvalue weighted by Crippen LogP contribution is -2.49. The van der Waals surface area contributed by atoms with Crippen molar-refractivity contribution in [3.8, 4) is 0 Å². The summed E-state index contributed by atoms with van der Waals surface area (Å²) in [6.45, 7) is 7.79. The maximum atomic E-state index is 11.9. The highest BCUT2D eigenvalue weighted by Crippen LogP contribution is 2.16. The van der Waals surface area contributed by atoms with E-state index in [-0.39, 0.29) is 11.7 Å². The lowest BCUT2D eigenvalue weighted by Gasteiger charge is -2.23. The number of unbranched alkanes of at least 4 members (excludes halogenated alkanes) is 1. The Bertz CT molecular complexity index is 284. The summed E-state index contributed by atoms with van der Waals surface area (Å²) in [5.41, 5.74) is 10.7. The van der Waals surface area contributed by atoms with Crippen LogP contribution in [0.3, 0.4) is 0 Å². The minimum absolute atomic E-state index is 0.00464. The average molecular weight is 257 g/mol. The van der Waals surface area contributed by atoms with Gasteiger partial charge in [0.05, 0.1) is 12.1 Å². The first kappa shape index (κ1) is 17.1. The van der Waals surface area contributed by atoms with E-state index >= 15 is 0 Å². The van der Waals surface area contributed by atoms with E-state index in [9.17, 15) is 9.59 Å². The molecule has 0 aromatic carbocycles. The maximum absolute atomic E-state index is 11.9. The second-order valence-corrected chi connectivity index (χ2v) is 5.74. The molecule has 0 saturated heterocycles. The smallest absolute Gasteiger partial charge is 0.237 e. The zero-order chi connectivity index (χ0) is 14.3. The number of carbonyl (C=O) groups excluding carboxylic acids is 2. The largest absolute Gasteiger partial charge is 0.345 e. The van der Waals surface area contributed by atoms with Gasteiger partial charge in [0.2, 0.25) is 5.91 Å². The summed E-state index contributed by atoms with van der Waals surface area (Å²) in [5, 5.41) is 2.67. The number of ketones is 1. The van der Waals surface area contributed by atoms with Crippen LogP contribution in [0.1, 0.15) is 47.0 Å². The molecule has 1 amide bonds. The fraction of sp³-hybridized carbons (Fsp3) is 0.846. The van der Waals surface area contributed by atoms with Crippen LogP contribution in [0.4, 0.5) is 0 Å². The van der Waals surface area contributed by atoms with Crippen molar-refractivity contribution in [3.63, 3.8) is 0 Å². The minimum Gasteiger partial charge on any atom is -0.345 e. The van der Waals surface area contributed by atoms with E-state index in [2.05, 4.69) is 5.32 Å². The van der Waals surface area contributed by atoms with Crippen LogP contribution in [-0.2, 0) is 9.59 Å². The van der Waals surface area contributed by atoms with Crippen molar-refractivity contribution in [1.29, 1.82) is 0 Å². The van der Waals surface area contributed by atoms with Gasteiger partial charge in [-0.3, -0.25) is 9.59 Å². The monoisotopic (exact) mass is 257 g/mol. The van der Waals surface area contributed by atoms with Crippen molar-refractivity contribution in [2.45, 2.75) is 59.0 Å². The third kappa shape index (κ3) is 6.12. The molecule has 0 rings (SSSR count). The zero-order valence-electron chi connectivity index (χ0n) is 12.0. The first-order valence-electron chi connectivity index (χ1n) is 6.50. The van der Waals surface area contributed by atoms with Gasteiger partial charge in [0.1, 0.15) is 0 Å². The molecule has 0 saturated carbocycles. The molecule has 0 aromatic heterocycles. The van der Waals surface area contributed by atoms with Crippen molar-refractivity contribution >= 4 is 11.7 Å². The van der Waals surface area contributed by atoms with Gasteiger partial charge in [-0.1, -0.05) is 27.2 Å². The summed E-state index contributed by atoms with van der Waals surface area (Å²) >= 11 is 0. The van der Waals surface area contributed by atoms with Crippen LogP contribution in [0.15, 0.2) is 0 Å². The van der Waals surface area contributed by atoms with Gasteiger partial charge in [0.15, 0.2) is 5.78 Å². The quantitative estimate of drug-likeness (QED) is 0.580. The molecule has 5 nitrogen and oxygen atoms in total. The molecule has 0 radical (unpaired) electrons. The van der Waals surface area contributed by atoms with E-state index in [1.54, 1.807) is 6.92 Å².